The van der Waals surface area contributed by atoms with Gasteiger partial charge in [-0.2, -0.15) is 0 Å². The van der Waals surface area contributed by atoms with E-state index in [9.17, 15) is 9.59 Å². The molecule has 2 aromatic carbocycles. The van der Waals surface area contributed by atoms with Crippen molar-refractivity contribution in [2.24, 2.45) is 0 Å². The van der Waals surface area contributed by atoms with E-state index in [0.29, 0.717) is 18.7 Å². The summed E-state index contributed by atoms with van der Waals surface area (Å²) < 4.78 is 0. The standard InChI is InChI=1S/C25H34N2O2S/c1-6-22(24(29)26-25(3,4)5)27(17-16-20-10-8-7-9-11-20)23(28)18-30-21-14-12-19(2)13-15-21/h7-15,22H,6,16-18H2,1-5H3,(H,26,29)/t22-/m0/s1. The minimum absolute atomic E-state index is 0.00702. The summed E-state index contributed by atoms with van der Waals surface area (Å²) in [4.78, 5) is 29.0. The number of nitrogens with zero attached hydrogens (tertiary/aromatic N) is 1. The average molecular weight is 427 g/mol. The van der Waals surface area contributed by atoms with Gasteiger partial charge in [-0.15, -0.1) is 11.8 Å². The van der Waals surface area contributed by atoms with E-state index < -0.39 is 6.04 Å². The van der Waals surface area contributed by atoms with Crippen LogP contribution in [0.2, 0.25) is 0 Å². The highest BCUT2D eigenvalue weighted by molar-refractivity contribution is 8.00. The van der Waals surface area contributed by atoms with Crippen molar-refractivity contribution < 1.29 is 9.59 Å². The molecule has 2 amide bonds. The van der Waals surface area contributed by atoms with Crippen molar-refractivity contribution in [2.45, 2.75) is 63.9 Å². The molecule has 0 saturated carbocycles. The van der Waals surface area contributed by atoms with Gasteiger partial charge < -0.3 is 10.2 Å². The first kappa shape index (κ1) is 24.0. The fourth-order valence-electron chi connectivity index (χ4n) is 3.21. The second kappa shape index (κ2) is 11.2. The van der Waals surface area contributed by atoms with Gasteiger partial charge in [0.1, 0.15) is 6.04 Å². The number of nitrogens with one attached hydrogen (secondary N) is 1. The lowest BCUT2D eigenvalue weighted by Gasteiger charge is -2.33. The number of hydrogen-bond acceptors (Lipinski definition) is 3. The normalized spacial score (nSPS) is 12.3. The van der Waals surface area contributed by atoms with Crippen LogP contribution in [0.15, 0.2) is 59.5 Å². The minimum atomic E-state index is -0.473. The predicted octanol–water partition coefficient (Wildman–Crippen LogP) is 4.85. The summed E-state index contributed by atoms with van der Waals surface area (Å²) >= 11 is 1.52. The lowest BCUT2D eigenvalue weighted by atomic mass is 10.1. The van der Waals surface area contributed by atoms with E-state index in [1.54, 1.807) is 4.90 Å². The zero-order valence-electron chi connectivity index (χ0n) is 18.8. The first-order valence-electron chi connectivity index (χ1n) is 10.5. The maximum atomic E-state index is 13.2. The quantitative estimate of drug-likeness (QED) is 0.583. The number of aryl methyl sites for hydroxylation is 1. The SMILES string of the molecule is CC[C@@H](C(=O)NC(C)(C)C)N(CCc1ccccc1)C(=O)CSc1ccc(C)cc1. The van der Waals surface area contributed by atoms with E-state index in [0.717, 1.165) is 16.9 Å². The summed E-state index contributed by atoms with van der Waals surface area (Å²) in [5.41, 5.74) is 2.02. The number of carbonyl (C=O) groups excluding carboxylic acids is 2. The number of thioether (sulfide) groups is 1. The molecule has 1 atom stereocenters. The van der Waals surface area contributed by atoms with Crippen LogP contribution in [-0.2, 0) is 16.0 Å². The summed E-state index contributed by atoms with van der Waals surface area (Å²) in [6, 6.07) is 17.8. The molecule has 0 spiro atoms. The van der Waals surface area contributed by atoms with E-state index in [1.165, 1.54) is 17.3 Å². The minimum Gasteiger partial charge on any atom is -0.350 e. The Kier molecular flexibility index (Phi) is 8.97. The van der Waals surface area contributed by atoms with Crippen molar-refractivity contribution in [3.05, 3.63) is 65.7 Å². The third kappa shape index (κ3) is 7.86. The highest BCUT2D eigenvalue weighted by atomic mass is 32.2. The van der Waals surface area contributed by atoms with Gasteiger partial charge in [0.25, 0.3) is 0 Å². The first-order chi connectivity index (χ1) is 14.2. The molecule has 1 N–H and O–H groups in total. The van der Waals surface area contributed by atoms with Crippen molar-refractivity contribution in [1.82, 2.24) is 10.2 Å². The lowest BCUT2D eigenvalue weighted by molar-refractivity contribution is -0.139. The fraction of sp³-hybridized carbons (Fsp3) is 0.440. The molecule has 2 rings (SSSR count). The van der Waals surface area contributed by atoms with Gasteiger partial charge in [-0.25, -0.2) is 0 Å². The number of hydrogen-bond donors (Lipinski definition) is 1. The molecule has 0 saturated heterocycles. The van der Waals surface area contributed by atoms with Crippen molar-refractivity contribution in [3.63, 3.8) is 0 Å². The Morgan fingerprint density at radius 2 is 1.67 bits per heavy atom. The van der Waals surface area contributed by atoms with Gasteiger partial charge in [0.05, 0.1) is 5.75 Å². The second-order valence-corrected chi connectivity index (χ2v) is 9.64. The molecule has 30 heavy (non-hydrogen) atoms. The zero-order valence-corrected chi connectivity index (χ0v) is 19.6. The van der Waals surface area contributed by atoms with Gasteiger partial charge >= 0.3 is 0 Å². The summed E-state index contributed by atoms with van der Waals surface area (Å²) in [5.74, 6) is 0.219. The Bertz CT molecular complexity index is 813. The van der Waals surface area contributed by atoms with Crippen LogP contribution < -0.4 is 5.32 Å². The maximum Gasteiger partial charge on any atom is 0.243 e. The van der Waals surface area contributed by atoms with Crippen LogP contribution in [0.4, 0.5) is 0 Å². The molecule has 0 fully saturated rings. The van der Waals surface area contributed by atoms with Crippen LogP contribution >= 0.6 is 11.8 Å². The highest BCUT2D eigenvalue weighted by Crippen LogP contribution is 2.20. The lowest BCUT2D eigenvalue weighted by Crippen LogP contribution is -2.54. The molecule has 0 aliphatic carbocycles. The van der Waals surface area contributed by atoms with E-state index in [1.807, 2.05) is 77.1 Å². The summed E-state index contributed by atoms with van der Waals surface area (Å²) in [5, 5.41) is 3.04. The van der Waals surface area contributed by atoms with Crippen LogP contribution in [0.1, 0.15) is 45.2 Å². The summed E-state index contributed by atoms with van der Waals surface area (Å²) in [7, 11) is 0. The van der Waals surface area contributed by atoms with Crippen LogP contribution in [0.5, 0.6) is 0 Å². The molecule has 5 heteroatoms. The highest BCUT2D eigenvalue weighted by Gasteiger charge is 2.30. The molecule has 162 valence electrons. The van der Waals surface area contributed by atoms with Gasteiger partial charge in [-0.1, -0.05) is 55.0 Å². The smallest absolute Gasteiger partial charge is 0.243 e. The summed E-state index contributed by atoms with van der Waals surface area (Å²) in [6.07, 6.45) is 1.30. The van der Waals surface area contributed by atoms with E-state index in [4.69, 9.17) is 0 Å². The van der Waals surface area contributed by atoms with Crippen LogP contribution in [0.3, 0.4) is 0 Å². The molecule has 0 aliphatic rings. The van der Waals surface area contributed by atoms with Crippen LogP contribution in [0.25, 0.3) is 0 Å². The number of benzene rings is 2. The third-order valence-corrected chi connectivity index (χ3v) is 5.75. The largest absolute Gasteiger partial charge is 0.350 e. The molecule has 2 aromatic rings. The molecule has 0 aromatic heterocycles. The maximum absolute atomic E-state index is 13.2. The second-order valence-electron chi connectivity index (χ2n) is 8.59. The van der Waals surface area contributed by atoms with E-state index >= 15 is 0 Å². The average Bonchev–Trinajstić information content (AvgIpc) is 2.69. The van der Waals surface area contributed by atoms with Crippen molar-refractivity contribution in [3.8, 4) is 0 Å². The van der Waals surface area contributed by atoms with Gasteiger partial charge in [-0.3, -0.25) is 9.59 Å². The van der Waals surface area contributed by atoms with Crippen molar-refractivity contribution in [2.75, 3.05) is 12.3 Å². The molecule has 4 nitrogen and oxygen atoms in total. The van der Waals surface area contributed by atoms with E-state index in [-0.39, 0.29) is 17.4 Å². The Morgan fingerprint density at radius 1 is 1.03 bits per heavy atom. The van der Waals surface area contributed by atoms with Gasteiger partial charge in [0.2, 0.25) is 11.8 Å². The predicted molar refractivity (Wildman–Crippen MR) is 126 cm³/mol. The molecule has 0 radical (unpaired) electrons. The van der Waals surface area contributed by atoms with Crippen molar-refractivity contribution in [1.29, 1.82) is 0 Å². The fourth-order valence-corrected chi connectivity index (χ4v) is 4.00. The Morgan fingerprint density at radius 3 is 2.23 bits per heavy atom. The molecule has 0 bridgehead atoms. The van der Waals surface area contributed by atoms with Crippen LogP contribution in [0, 0.1) is 6.92 Å². The molecule has 0 heterocycles. The number of carbonyl (C=O) groups is 2. The van der Waals surface area contributed by atoms with Crippen molar-refractivity contribution >= 4 is 23.6 Å². The molecular formula is C25H34N2O2S. The Hall–Kier alpha value is -2.27. The topological polar surface area (TPSA) is 49.4 Å². The number of amides is 2. The summed E-state index contributed by atoms with van der Waals surface area (Å²) in [6.45, 7) is 10.4. The van der Waals surface area contributed by atoms with E-state index in [2.05, 4.69) is 17.4 Å². The van der Waals surface area contributed by atoms with Gasteiger partial charge in [0.15, 0.2) is 0 Å². The monoisotopic (exact) mass is 426 g/mol. The molecule has 0 unspecified atom stereocenters. The third-order valence-electron chi connectivity index (χ3n) is 4.75. The Labute approximate surface area is 185 Å². The van der Waals surface area contributed by atoms with Crippen LogP contribution in [-0.4, -0.2) is 40.6 Å². The van der Waals surface area contributed by atoms with Gasteiger partial charge in [-0.05, 0) is 58.2 Å². The molecule has 0 aliphatic heterocycles. The Balaban J connectivity index is 2.14. The van der Waals surface area contributed by atoms with Gasteiger partial charge in [0, 0.05) is 17.0 Å². The first-order valence-corrected chi connectivity index (χ1v) is 11.5. The number of rotatable bonds is 9. The molecular weight excluding hydrogens is 392 g/mol. The zero-order chi connectivity index (χ0) is 22.1.